The van der Waals surface area contributed by atoms with Crippen molar-refractivity contribution in [1.82, 2.24) is 25.4 Å². The molecule has 2 aromatic heterocycles. The zero-order valence-electron chi connectivity index (χ0n) is 20.0. The lowest BCUT2D eigenvalue weighted by molar-refractivity contribution is 0.0839. The monoisotopic (exact) mass is 494 g/mol. The molecule has 1 aliphatic carbocycles. The van der Waals surface area contributed by atoms with E-state index in [0.29, 0.717) is 61.4 Å². The summed E-state index contributed by atoms with van der Waals surface area (Å²) >= 11 is 0. The Bertz CT molecular complexity index is 1180. The topological polar surface area (TPSA) is 115 Å². The summed E-state index contributed by atoms with van der Waals surface area (Å²) < 4.78 is 20.5. The van der Waals surface area contributed by atoms with Crippen LogP contribution < -0.4 is 15.4 Å². The quantitative estimate of drug-likeness (QED) is 0.343. The number of carbonyl (C=O) groups excluding carboxylic acids is 1. The third-order valence-corrected chi connectivity index (χ3v) is 6.75. The van der Waals surface area contributed by atoms with Gasteiger partial charge in [0.05, 0.1) is 12.3 Å². The number of rotatable bonds is 10. The van der Waals surface area contributed by atoms with Crippen LogP contribution in [0.1, 0.15) is 46.3 Å². The van der Waals surface area contributed by atoms with Gasteiger partial charge in [-0.25, -0.2) is 9.37 Å². The lowest BCUT2D eigenvalue weighted by Crippen LogP contribution is -2.42. The number of ether oxygens (including phenoxy) is 1. The van der Waals surface area contributed by atoms with Crippen molar-refractivity contribution in [3.8, 4) is 5.75 Å². The lowest BCUT2D eigenvalue weighted by atomic mass is 9.93. The predicted molar refractivity (Wildman–Crippen MR) is 132 cm³/mol. The summed E-state index contributed by atoms with van der Waals surface area (Å²) in [6, 6.07) is 7.11. The van der Waals surface area contributed by atoms with Crippen molar-refractivity contribution in [3.63, 3.8) is 0 Å². The molecule has 36 heavy (non-hydrogen) atoms. The zero-order valence-corrected chi connectivity index (χ0v) is 20.0. The second-order valence-corrected chi connectivity index (χ2v) is 9.49. The molecule has 1 fully saturated rings. The van der Waals surface area contributed by atoms with Crippen molar-refractivity contribution >= 4 is 11.7 Å². The van der Waals surface area contributed by atoms with Crippen LogP contribution >= 0.6 is 0 Å². The number of nitrogens with one attached hydrogen (secondary N) is 3. The van der Waals surface area contributed by atoms with Crippen molar-refractivity contribution in [2.45, 2.75) is 51.0 Å². The van der Waals surface area contributed by atoms with Gasteiger partial charge in [-0.3, -0.25) is 14.8 Å². The number of β-amino-alcohol motifs (C(OH)–C–C–N with tert-alkyl or cyclic N) is 1. The van der Waals surface area contributed by atoms with Gasteiger partial charge < -0.3 is 20.5 Å². The number of fused-ring (bicyclic) bond motifs is 1. The maximum Gasteiger partial charge on any atom is 0.251 e. The molecule has 9 nitrogen and oxygen atoms in total. The van der Waals surface area contributed by atoms with Gasteiger partial charge >= 0.3 is 0 Å². The Morgan fingerprint density at radius 1 is 1.33 bits per heavy atom. The number of anilines is 1. The summed E-state index contributed by atoms with van der Waals surface area (Å²) in [6.07, 6.45) is 8.36. The first kappa shape index (κ1) is 24.2. The fourth-order valence-electron chi connectivity index (χ4n) is 4.50. The standard InChI is InChI=1S/C26H31FN6O3/c27-24-10-22(36-16-17-11-30-31-12-17)8-18-5-7-33(15-23(18)24)14-21(34)13-29-26(35)19-4-6-28-25(9-19)32-20-2-1-3-20/h4,6,8-12,20-21,34H,1-3,5,7,13-16H2,(H,28,32)(H,29,35)(H,30,31)/t21-/m0/s1. The minimum absolute atomic E-state index is 0.110. The molecule has 0 bridgehead atoms. The Hall–Kier alpha value is -3.50. The fourth-order valence-corrected chi connectivity index (χ4v) is 4.50. The van der Waals surface area contributed by atoms with E-state index in [1.807, 2.05) is 11.0 Å². The molecule has 2 aliphatic rings. The summed E-state index contributed by atoms with van der Waals surface area (Å²) in [5.41, 5.74) is 2.92. The van der Waals surface area contributed by atoms with Gasteiger partial charge in [0.2, 0.25) is 0 Å². The van der Waals surface area contributed by atoms with Crippen LogP contribution in [0, 0.1) is 5.82 Å². The highest BCUT2D eigenvalue weighted by atomic mass is 19.1. The smallest absolute Gasteiger partial charge is 0.251 e. The highest BCUT2D eigenvalue weighted by molar-refractivity contribution is 5.94. The number of aromatic amines is 1. The van der Waals surface area contributed by atoms with Crippen molar-refractivity contribution in [3.05, 3.63) is 70.9 Å². The van der Waals surface area contributed by atoms with E-state index in [2.05, 4.69) is 25.8 Å². The molecule has 0 unspecified atom stereocenters. The summed E-state index contributed by atoms with van der Waals surface area (Å²) in [5, 5.41) is 23.3. The second-order valence-electron chi connectivity index (χ2n) is 9.49. The van der Waals surface area contributed by atoms with Gasteiger partial charge in [-0.1, -0.05) is 0 Å². The maximum atomic E-state index is 14.8. The number of hydrogen-bond donors (Lipinski definition) is 4. The number of halogens is 1. The third kappa shape index (κ3) is 6.00. The van der Waals surface area contributed by atoms with Crippen LogP contribution in [0.25, 0.3) is 0 Å². The van der Waals surface area contributed by atoms with Gasteiger partial charge in [0.25, 0.3) is 5.91 Å². The normalized spacial score (nSPS) is 16.6. The molecule has 1 amide bonds. The average Bonchev–Trinajstić information content (AvgIpc) is 3.38. The van der Waals surface area contributed by atoms with Gasteiger partial charge in [-0.15, -0.1) is 0 Å². The zero-order chi connectivity index (χ0) is 24.9. The first-order valence-corrected chi connectivity index (χ1v) is 12.4. The number of benzene rings is 1. The van der Waals surface area contributed by atoms with Crippen molar-refractivity contribution in [2.75, 3.05) is 25.0 Å². The Morgan fingerprint density at radius 3 is 3.00 bits per heavy atom. The third-order valence-electron chi connectivity index (χ3n) is 6.75. The van der Waals surface area contributed by atoms with Crippen molar-refractivity contribution in [1.29, 1.82) is 0 Å². The Balaban J connectivity index is 1.10. The van der Waals surface area contributed by atoms with Crippen LogP contribution in [0.5, 0.6) is 5.75 Å². The molecule has 3 heterocycles. The summed E-state index contributed by atoms with van der Waals surface area (Å²) in [7, 11) is 0. The number of nitrogens with zero attached hydrogens (tertiary/aromatic N) is 3. The second kappa shape index (κ2) is 11.0. The minimum Gasteiger partial charge on any atom is -0.489 e. The molecule has 4 N–H and O–H groups in total. The highest BCUT2D eigenvalue weighted by Crippen LogP contribution is 2.27. The SMILES string of the molecule is O=C(NC[C@H](O)CN1CCc2cc(OCc3cn[nH]c3)cc(F)c2C1)c1ccnc(NC2CCC2)c1. The summed E-state index contributed by atoms with van der Waals surface area (Å²) in [5.74, 6) is 0.611. The van der Waals surface area contributed by atoms with E-state index in [1.54, 1.807) is 30.7 Å². The van der Waals surface area contributed by atoms with Crippen molar-refractivity contribution in [2.24, 2.45) is 0 Å². The van der Waals surface area contributed by atoms with Gasteiger partial charge in [0.1, 0.15) is 24.0 Å². The number of carbonyl (C=O) groups is 1. The van der Waals surface area contributed by atoms with E-state index in [0.717, 1.165) is 24.0 Å². The first-order chi connectivity index (χ1) is 17.5. The summed E-state index contributed by atoms with van der Waals surface area (Å²) in [6.45, 7) is 1.84. The molecule has 1 aliphatic heterocycles. The van der Waals surface area contributed by atoms with E-state index in [-0.39, 0.29) is 18.3 Å². The Kier molecular flexibility index (Phi) is 7.43. The van der Waals surface area contributed by atoms with E-state index in [4.69, 9.17) is 4.74 Å². The molecule has 5 rings (SSSR count). The molecule has 10 heteroatoms. The number of aliphatic hydroxyl groups excluding tert-OH is 1. The van der Waals surface area contributed by atoms with Crippen LogP contribution in [-0.2, 0) is 19.6 Å². The number of hydrogen-bond acceptors (Lipinski definition) is 7. The van der Waals surface area contributed by atoms with Crippen LogP contribution in [0.2, 0.25) is 0 Å². The van der Waals surface area contributed by atoms with Crippen LogP contribution in [0.4, 0.5) is 10.2 Å². The van der Waals surface area contributed by atoms with E-state index >= 15 is 0 Å². The molecule has 190 valence electrons. The molecular formula is C26H31FN6O3. The largest absolute Gasteiger partial charge is 0.489 e. The van der Waals surface area contributed by atoms with Crippen LogP contribution in [0.3, 0.4) is 0 Å². The van der Waals surface area contributed by atoms with Crippen molar-refractivity contribution < 1.29 is 19.0 Å². The predicted octanol–water partition coefficient (Wildman–Crippen LogP) is 2.64. The van der Waals surface area contributed by atoms with Gasteiger partial charge in [0, 0.05) is 67.4 Å². The number of H-pyrrole nitrogens is 1. The maximum absolute atomic E-state index is 14.8. The Labute approximate surface area is 209 Å². The van der Waals surface area contributed by atoms with E-state index in [9.17, 15) is 14.3 Å². The van der Waals surface area contributed by atoms with Gasteiger partial charge in [-0.2, -0.15) is 5.10 Å². The molecule has 0 radical (unpaired) electrons. The number of aliphatic hydroxyl groups is 1. The molecule has 1 atom stereocenters. The number of pyridine rings is 1. The van der Waals surface area contributed by atoms with Crippen LogP contribution in [-0.4, -0.2) is 62.9 Å². The molecule has 1 saturated carbocycles. The first-order valence-electron chi connectivity index (χ1n) is 12.4. The van der Waals surface area contributed by atoms with Gasteiger partial charge in [0.15, 0.2) is 0 Å². The average molecular weight is 495 g/mol. The summed E-state index contributed by atoms with van der Waals surface area (Å²) in [4.78, 5) is 18.9. The molecular weight excluding hydrogens is 463 g/mol. The molecule has 0 saturated heterocycles. The van der Waals surface area contributed by atoms with Gasteiger partial charge in [-0.05, 0) is 49.4 Å². The minimum atomic E-state index is -0.773. The lowest BCUT2D eigenvalue weighted by Gasteiger charge is -2.31. The highest BCUT2D eigenvalue weighted by Gasteiger charge is 2.23. The molecule has 0 spiro atoms. The molecule has 3 aromatic rings. The van der Waals surface area contributed by atoms with E-state index < -0.39 is 6.10 Å². The van der Waals surface area contributed by atoms with E-state index in [1.165, 1.54) is 12.5 Å². The fraction of sp³-hybridized carbons (Fsp3) is 0.423. The molecule has 1 aromatic carbocycles. The number of amides is 1. The number of aromatic nitrogens is 3. The van der Waals surface area contributed by atoms with Crippen LogP contribution in [0.15, 0.2) is 42.9 Å². The Morgan fingerprint density at radius 2 is 2.22 bits per heavy atom.